The van der Waals surface area contributed by atoms with Crippen molar-refractivity contribution in [2.45, 2.75) is 27.2 Å². The van der Waals surface area contributed by atoms with Gasteiger partial charge in [-0.1, -0.05) is 25.1 Å². The molecule has 0 unspecified atom stereocenters. The van der Waals surface area contributed by atoms with E-state index in [-0.39, 0.29) is 16.9 Å². The summed E-state index contributed by atoms with van der Waals surface area (Å²) in [5.74, 6) is -1.31. The molecule has 1 aromatic carbocycles. The van der Waals surface area contributed by atoms with E-state index in [4.69, 9.17) is 10.2 Å². The van der Waals surface area contributed by atoms with E-state index in [0.717, 1.165) is 29.0 Å². The highest BCUT2D eigenvalue weighted by atomic mass is 16.4. The summed E-state index contributed by atoms with van der Waals surface area (Å²) in [6.07, 6.45) is 0.731. The highest BCUT2D eigenvalue weighted by Gasteiger charge is 2.08. The van der Waals surface area contributed by atoms with Gasteiger partial charge in [-0.05, 0) is 44.5 Å². The Bertz CT molecular complexity index is 977. The van der Waals surface area contributed by atoms with Crippen molar-refractivity contribution in [3.05, 3.63) is 75.3 Å². The summed E-state index contributed by atoms with van der Waals surface area (Å²) < 4.78 is 1.67. The van der Waals surface area contributed by atoms with Gasteiger partial charge in [-0.25, -0.2) is 9.78 Å². The monoisotopic (exact) mass is 340 g/mol. The van der Waals surface area contributed by atoms with Gasteiger partial charge in [0, 0.05) is 17.0 Å². The standard InChI is InChI=1S/C12H14N2O.C7H6O3/c1-4-10-9(3)13-11-7-5-6-8(2)14(11)12(10)15;8-6-4-2-1-3-5(6)7(9)10/h5-7H,4H2,1-3H3;1-4,8H,(H,9,10). The number of nitrogens with zero attached hydrogens (tertiary/aromatic N) is 2. The Morgan fingerprint density at radius 2 is 1.80 bits per heavy atom. The van der Waals surface area contributed by atoms with Gasteiger partial charge >= 0.3 is 5.97 Å². The Labute approximate surface area is 145 Å². The fourth-order valence-corrected chi connectivity index (χ4v) is 2.55. The normalized spacial score (nSPS) is 10.2. The molecule has 0 aliphatic rings. The molecule has 0 atom stereocenters. The van der Waals surface area contributed by atoms with Crippen LogP contribution in [0.25, 0.3) is 5.65 Å². The van der Waals surface area contributed by atoms with Gasteiger partial charge in [-0.2, -0.15) is 0 Å². The van der Waals surface area contributed by atoms with Gasteiger partial charge in [-0.15, -0.1) is 0 Å². The Balaban J connectivity index is 0.000000196. The smallest absolute Gasteiger partial charge is 0.339 e. The number of aromatic carboxylic acids is 1. The molecule has 0 bridgehead atoms. The van der Waals surface area contributed by atoms with E-state index >= 15 is 0 Å². The lowest BCUT2D eigenvalue weighted by atomic mass is 10.2. The summed E-state index contributed by atoms with van der Waals surface area (Å²) in [7, 11) is 0. The molecular formula is C19H20N2O4. The van der Waals surface area contributed by atoms with Gasteiger partial charge in [0.1, 0.15) is 17.0 Å². The number of fused-ring (bicyclic) bond motifs is 1. The first kappa shape index (κ1) is 18.2. The minimum atomic E-state index is -1.11. The first-order valence-corrected chi connectivity index (χ1v) is 7.86. The van der Waals surface area contributed by atoms with E-state index in [1.807, 2.05) is 39.0 Å². The fourth-order valence-electron chi connectivity index (χ4n) is 2.55. The maximum absolute atomic E-state index is 12.1. The number of hydrogen-bond acceptors (Lipinski definition) is 4. The van der Waals surface area contributed by atoms with Gasteiger partial charge in [0.25, 0.3) is 5.56 Å². The molecule has 2 heterocycles. The van der Waals surface area contributed by atoms with Gasteiger partial charge in [0.2, 0.25) is 0 Å². The highest BCUT2D eigenvalue weighted by Crippen LogP contribution is 2.14. The number of hydrogen-bond donors (Lipinski definition) is 2. The van der Waals surface area contributed by atoms with Crippen molar-refractivity contribution in [1.82, 2.24) is 9.38 Å². The second kappa shape index (κ2) is 7.61. The van der Waals surface area contributed by atoms with Crippen LogP contribution in [-0.2, 0) is 6.42 Å². The maximum atomic E-state index is 12.1. The molecule has 0 radical (unpaired) electrons. The zero-order chi connectivity index (χ0) is 18.6. The second-order valence-corrected chi connectivity index (χ2v) is 5.52. The second-order valence-electron chi connectivity index (χ2n) is 5.52. The molecule has 6 nitrogen and oxygen atoms in total. The third-order valence-electron chi connectivity index (χ3n) is 3.83. The first-order chi connectivity index (χ1) is 11.9. The number of carboxylic acids is 1. The van der Waals surface area contributed by atoms with Crippen molar-refractivity contribution < 1.29 is 15.0 Å². The predicted molar refractivity (Wildman–Crippen MR) is 95.4 cm³/mol. The molecule has 3 rings (SSSR count). The van der Waals surface area contributed by atoms with Crippen molar-refractivity contribution >= 4 is 11.6 Å². The highest BCUT2D eigenvalue weighted by molar-refractivity contribution is 5.90. The minimum absolute atomic E-state index is 0.0671. The molecule has 130 valence electrons. The lowest BCUT2D eigenvalue weighted by Crippen LogP contribution is -2.22. The van der Waals surface area contributed by atoms with E-state index in [1.54, 1.807) is 16.5 Å². The topological polar surface area (TPSA) is 91.9 Å². The third kappa shape index (κ3) is 3.85. The summed E-state index contributed by atoms with van der Waals surface area (Å²) in [6.45, 7) is 5.80. The zero-order valence-electron chi connectivity index (χ0n) is 14.4. The molecule has 2 N–H and O–H groups in total. The van der Waals surface area contributed by atoms with Crippen LogP contribution >= 0.6 is 0 Å². The lowest BCUT2D eigenvalue weighted by Gasteiger charge is -2.08. The largest absolute Gasteiger partial charge is 0.507 e. The van der Waals surface area contributed by atoms with Crippen molar-refractivity contribution in [3.8, 4) is 5.75 Å². The van der Waals surface area contributed by atoms with E-state index in [0.29, 0.717) is 0 Å². The van der Waals surface area contributed by atoms with Gasteiger partial charge < -0.3 is 10.2 Å². The fraction of sp³-hybridized carbons (Fsp3) is 0.211. The Morgan fingerprint density at radius 1 is 1.12 bits per heavy atom. The number of carboxylic acid groups (broad SMARTS) is 1. The van der Waals surface area contributed by atoms with Crippen LogP contribution in [0.1, 0.15) is 34.2 Å². The molecule has 0 fully saturated rings. The molecule has 0 aliphatic heterocycles. The van der Waals surface area contributed by atoms with E-state index in [9.17, 15) is 9.59 Å². The van der Waals surface area contributed by atoms with Crippen molar-refractivity contribution in [2.75, 3.05) is 0 Å². The maximum Gasteiger partial charge on any atom is 0.339 e. The number of aryl methyl sites for hydroxylation is 2. The van der Waals surface area contributed by atoms with Crippen LogP contribution in [0.3, 0.4) is 0 Å². The molecule has 3 aromatic rings. The Morgan fingerprint density at radius 3 is 2.36 bits per heavy atom. The molecule has 0 saturated heterocycles. The van der Waals surface area contributed by atoms with Crippen LogP contribution in [-0.4, -0.2) is 25.6 Å². The Hall–Kier alpha value is -3.15. The molecule has 0 saturated carbocycles. The SMILES string of the molecule is CCc1c(C)nc2cccc(C)n2c1=O.O=C(O)c1ccccc1O. The minimum Gasteiger partial charge on any atom is -0.507 e. The molecule has 2 aromatic heterocycles. The molecular weight excluding hydrogens is 320 g/mol. The number of pyridine rings is 1. The number of phenols is 1. The van der Waals surface area contributed by atoms with Crippen LogP contribution in [0.5, 0.6) is 5.75 Å². The Kier molecular flexibility index (Phi) is 5.54. The van der Waals surface area contributed by atoms with E-state index in [2.05, 4.69) is 4.98 Å². The van der Waals surface area contributed by atoms with Gasteiger partial charge in [-0.3, -0.25) is 9.20 Å². The summed E-state index contributed by atoms with van der Waals surface area (Å²) in [5, 5.41) is 17.3. The predicted octanol–water partition coefficient (Wildman–Crippen LogP) is 2.96. The van der Waals surface area contributed by atoms with Crippen molar-refractivity contribution in [3.63, 3.8) is 0 Å². The lowest BCUT2D eigenvalue weighted by molar-refractivity contribution is 0.0693. The average Bonchev–Trinajstić information content (AvgIpc) is 2.55. The third-order valence-corrected chi connectivity index (χ3v) is 3.83. The van der Waals surface area contributed by atoms with Crippen LogP contribution in [0.15, 0.2) is 47.3 Å². The summed E-state index contributed by atoms with van der Waals surface area (Å²) >= 11 is 0. The molecule has 0 spiro atoms. The molecule has 25 heavy (non-hydrogen) atoms. The van der Waals surface area contributed by atoms with E-state index in [1.165, 1.54) is 12.1 Å². The summed E-state index contributed by atoms with van der Waals surface area (Å²) in [4.78, 5) is 26.8. The van der Waals surface area contributed by atoms with Gasteiger partial charge in [0.05, 0.1) is 0 Å². The van der Waals surface area contributed by atoms with Crippen LogP contribution in [0.4, 0.5) is 0 Å². The molecule has 0 aliphatic carbocycles. The number of benzene rings is 1. The van der Waals surface area contributed by atoms with Gasteiger partial charge in [0.15, 0.2) is 0 Å². The summed E-state index contributed by atoms with van der Waals surface area (Å²) in [5.41, 5.74) is 3.31. The number of aromatic hydroxyl groups is 1. The number of carbonyl (C=O) groups is 1. The van der Waals surface area contributed by atoms with Crippen molar-refractivity contribution in [2.24, 2.45) is 0 Å². The quantitative estimate of drug-likeness (QED) is 0.748. The van der Waals surface area contributed by atoms with Crippen LogP contribution < -0.4 is 5.56 Å². The molecule has 6 heteroatoms. The van der Waals surface area contributed by atoms with E-state index < -0.39 is 5.97 Å². The number of para-hydroxylation sites is 1. The average molecular weight is 340 g/mol. The number of rotatable bonds is 2. The first-order valence-electron chi connectivity index (χ1n) is 7.86. The zero-order valence-corrected chi connectivity index (χ0v) is 14.4. The summed E-state index contributed by atoms with van der Waals surface area (Å²) in [6, 6.07) is 11.5. The van der Waals surface area contributed by atoms with Crippen molar-refractivity contribution in [1.29, 1.82) is 0 Å². The van der Waals surface area contributed by atoms with Crippen LogP contribution in [0, 0.1) is 13.8 Å². The van der Waals surface area contributed by atoms with Crippen LogP contribution in [0.2, 0.25) is 0 Å². The molecule has 0 amide bonds. The number of aromatic nitrogens is 2.